The molecule has 2 atom stereocenters. The second kappa shape index (κ2) is 20.5. The van der Waals surface area contributed by atoms with Crippen molar-refractivity contribution >= 4 is 9.24 Å². The van der Waals surface area contributed by atoms with Crippen LogP contribution < -0.4 is 0 Å². The molecule has 0 aliphatic carbocycles. The first-order valence-corrected chi connectivity index (χ1v) is 11.7. The predicted octanol–water partition coefficient (Wildman–Crippen LogP) is 8.68. The summed E-state index contributed by atoms with van der Waals surface area (Å²) < 4.78 is 0. The van der Waals surface area contributed by atoms with E-state index < -0.39 is 0 Å². The topological polar surface area (TPSA) is 0 Å². The maximum absolute atomic E-state index is 3.07. The van der Waals surface area contributed by atoms with Crippen LogP contribution in [0.3, 0.4) is 0 Å². The van der Waals surface area contributed by atoms with Gasteiger partial charge in [0.05, 0.1) is 0 Å². The lowest BCUT2D eigenvalue weighted by atomic mass is 10.0. The van der Waals surface area contributed by atoms with Gasteiger partial charge in [-0.15, -0.1) is 9.24 Å². The highest BCUT2D eigenvalue weighted by Gasteiger charge is 2.01. The van der Waals surface area contributed by atoms with E-state index in [2.05, 4.69) is 23.1 Å². The van der Waals surface area contributed by atoms with E-state index in [0.29, 0.717) is 0 Å². The molecule has 0 bridgehead atoms. The molecule has 23 heavy (non-hydrogen) atoms. The Morgan fingerprint density at radius 2 is 0.696 bits per heavy atom. The summed E-state index contributed by atoms with van der Waals surface area (Å²) in [5, 5.41) is 0. The van der Waals surface area contributed by atoms with Crippen LogP contribution in [0.1, 0.15) is 136 Å². The van der Waals surface area contributed by atoms with E-state index in [0.717, 1.165) is 5.66 Å². The number of hydrogen-bond acceptors (Lipinski definition) is 0. The first-order chi connectivity index (χ1) is 11.3. The molecule has 0 aliphatic rings. The minimum atomic E-state index is 0.888. The Morgan fingerprint density at radius 1 is 0.435 bits per heavy atom. The Morgan fingerprint density at radius 3 is 1.09 bits per heavy atom. The van der Waals surface area contributed by atoms with Crippen LogP contribution in [0, 0.1) is 0 Å². The lowest BCUT2D eigenvalue weighted by molar-refractivity contribution is 0.525. The number of hydrogen-bond donors (Lipinski definition) is 0. The van der Waals surface area contributed by atoms with E-state index in [1.807, 2.05) is 0 Å². The molecule has 0 aromatic rings. The Hall–Kier alpha value is 0.430. The fraction of sp³-hybridized carbons (Fsp3) is 1.00. The van der Waals surface area contributed by atoms with Gasteiger partial charge in [0.2, 0.25) is 0 Å². The van der Waals surface area contributed by atoms with Gasteiger partial charge in [0, 0.05) is 0 Å². The highest BCUT2D eigenvalue weighted by Crippen LogP contribution is 2.19. The average Bonchev–Trinajstić information content (AvgIpc) is 2.55. The van der Waals surface area contributed by atoms with E-state index >= 15 is 0 Å². The van der Waals surface area contributed by atoms with Crippen molar-refractivity contribution < 1.29 is 0 Å². The fourth-order valence-electron chi connectivity index (χ4n) is 3.40. The van der Waals surface area contributed by atoms with Crippen LogP contribution in [0.25, 0.3) is 0 Å². The van der Waals surface area contributed by atoms with E-state index in [1.54, 1.807) is 0 Å². The zero-order chi connectivity index (χ0) is 17.0. The summed E-state index contributed by atoms with van der Waals surface area (Å²) in [6, 6.07) is 0. The largest absolute Gasteiger partial charge is 0.134 e. The molecular formula is C22H47P. The molecule has 0 aromatic carbocycles. The normalized spacial score (nSPS) is 12.7. The van der Waals surface area contributed by atoms with Crippen LogP contribution in [-0.2, 0) is 0 Å². The summed E-state index contributed by atoms with van der Waals surface area (Å²) in [6.45, 7) is 4.60. The van der Waals surface area contributed by atoms with E-state index in [1.165, 1.54) is 122 Å². The van der Waals surface area contributed by atoms with Crippen LogP contribution in [0.4, 0.5) is 0 Å². The molecule has 0 amide bonds. The molecule has 0 spiro atoms. The standard InChI is InChI=1S/C22H47P/c1-3-5-7-8-9-10-11-12-13-14-15-16-17-19-21-22(23)20-18-6-4-2/h22H,3-21,23H2,1-2H3. The van der Waals surface area contributed by atoms with E-state index in [9.17, 15) is 0 Å². The SMILES string of the molecule is CCCCCCCCCCCCCCCCC(P)CCCCC. The van der Waals surface area contributed by atoms with Crippen LogP contribution in [0.2, 0.25) is 0 Å². The molecule has 0 rings (SSSR count). The van der Waals surface area contributed by atoms with Gasteiger partial charge in [-0.3, -0.25) is 0 Å². The Labute approximate surface area is 151 Å². The van der Waals surface area contributed by atoms with Crippen molar-refractivity contribution in [2.75, 3.05) is 0 Å². The van der Waals surface area contributed by atoms with Crippen molar-refractivity contribution in [1.29, 1.82) is 0 Å². The molecule has 0 N–H and O–H groups in total. The summed E-state index contributed by atoms with van der Waals surface area (Å²) in [5.74, 6) is 0. The summed E-state index contributed by atoms with van der Waals surface area (Å²) in [5.41, 5.74) is 0.888. The number of unbranched alkanes of at least 4 members (excludes halogenated alkanes) is 15. The maximum atomic E-state index is 3.07. The van der Waals surface area contributed by atoms with Crippen LogP contribution in [0.15, 0.2) is 0 Å². The molecule has 0 nitrogen and oxygen atoms in total. The highest BCUT2D eigenvalue weighted by atomic mass is 31.0. The second-order valence-corrected chi connectivity index (χ2v) is 8.58. The summed E-state index contributed by atoms with van der Waals surface area (Å²) >= 11 is 0. The summed E-state index contributed by atoms with van der Waals surface area (Å²) in [7, 11) is 3.07. The Kier molecular flexibility index (Phi) is 20.9. The van der Waals surface area contributed by atoms with Gasteiger partial charge in [-0.05, 0) is 18.5 Å². The zero-order valence-electron chi connectivity index (χ0n) is 16.6. The molecule has 0 fully saturated rings. The maximum Gasteiger partial charge on any atom is -0.0264 e. The first kappa shape index (κ1) is 23.4. The minimum Gasteiger partial charge on any atom is -0.134 e. The average molecular weight is 343 g/mol. The minimum absolute atomic E-state index is 0.888. The number of rotatable bonds is 19. The Bertz CT molecular complexity index is 202. The van der Waals surface area contributed by atoms with E-state index in [4.69, 9.17) is 0 Å². The van der Waals surface area contributed by atoms with Crippen LogP contribution in [-0.4, -0.2) is 5.66 Å². The predicted molar refractivity (Wildman–Crippen MR) is 113 cm³/mol. The summed E-state index contributed by atoms with van der Waals surface area (Å²) in [4.78, 5) is 0. The third-order valence-corrected chi connectivity index (χ3v) is 5.77. The first-order valence-electron chi connectivity index (χ1n) is 11.1. The molecule has 0 heterocycles. The van der Waals surface area contributed by atoms with Crippen molar-refractivity contribution in [2.45, 2.75) is 142 Å². The van der Waals surface area contributed by atoms with Crippen molar-refractivity contribution in [2.24, 2.45) is 0 Å². The lowest BCUT2D eigenvalue weighted by Gasteiger charge is -2.10. The monoisotopic (exact) mass is 342 g/mol. The lowest BCUT2D eigenvalue weighted by Crippen LogP contribution is -1.97. The van der Waals surface area contributed by atoms with Crippen LogP contribution >= 0.6 is 9.24 Å². The van der Waals surface area contributed by atoms with Crippen molar-refractivity contribution in [3.05, 3.63) is 0 Å². The second-order valence-electron chi connectivity index (χ2n) is 7.64. The third-order valence-electron chi connectivity index (χ3n) is 5.11. The van der Waals surface area contributed by atoms with Gasteiger partial charge in [0.15, 0.2) is 0 Å². The molecule has 140 valence electrons. The van der Waals surface area contributed by atoms with Crippen molar-refractivity contribution in [1.82, 2.24) is 0 Å². The molecule has 2 unspecified atom stereocenters. The summed E-state index contributed by atoms with van der Waals surface area (Å²) in [6.07, 6.45) is 27.6. The molecule has 0 saturated heterocycles. The molecule has 0 radical (unpaired) electrons. The molecular weight excluding hydrogens is 295 g/mol. The zero-order valence-corrected chi connectivity index (χ0v) is 17.7. The van der Waals surface area contributed by atoms with Gasteiger partial charge in [0.1, 0.15) is 0 Å². The van der Waals surface area contributed by atoms with Gasteiger partial charge in [-0.1, -0.05) is 123 Å². The highest BCUT2D eigenvalue weighted by molar-refractivity contribution is 7.17. The smallest absolute Gasteiger partial charge is 0.0264 e. The van der Waals surface area contributed by atoms with Gasteiger partial charge in [-0.25, -0.2) is 0 Å². The van der Waals surface area contributed by atoms with Gasteiger partial charge in [0.25, 0.3) is 0 Å². The fourth-order valence-corrected chi connectivity index (χ4v) is 3.87. The third kappa shape index (κ3) is 20.4. The Balaban J connectivity index is 3.05. The van der Waals surface area contributed by atoms with Gasteiger partial charge >= 0.3 is 0 Å². The quantitative estimate of drug-likeness (QED) is 0.163. The van der Waals surface area contributed by atoms with Crippen LogP contribution in [0.5, 0.6) is 0 Å². The molecule has 0 saturated carbocycles. The molecule has 0 aliphatic heterocycles. The molecule has 0 aromatic heterocycles. The van der Waals surface area contributed by atoms with Crippen molar-refractivity contribution in [3.8, 4) is 0 Å². The van der Waals surface area contributed by atoms with Gasteiger partial charge in [-0.2, -0.15) is 0 Å². The van der Waals surface area contributed by atoms with E-state index in [-0.39, 0.29) is 0 Å². The van der Waals surface area contributed by atoms with Gasteiger partial charge < -0.3 is 0 Å². The molecule has 1 heteroatoms. The van der Waals surface area contributed by atoms with Crippen molar-refractivity contribution in [3.63, 3.8) is 0 Å².